The minimum Gasteiger partial charge on any atom is -0.393 e. The molecule has 1 aliphatic rings. The molecule has 17 heavy (non-hydrogen) atoms. The Morgan fingerprint density at radius 2 is 2.29 bits per heavy atom. The van der Waals surface area contributed by atoms with Gasteiger partial charge < -0.3 is 15.4 Å². The van der Waals surface area contributed by atoms with Gasteiger partial charge in [0.25, 0.3) is 0 Å². The standard InChI is InChI=1S/C12H22N2O2S/c1-9(2)14(6-5-11(13)17)12(15)10-4-3-7-16-8-10/h9-10H,3-8H2,1-2H3,(H2,13,17). The number of rotatable bonds is 5. The van der Waals surface area contributed by atoms with Crippen LogP contribution < -0.4 is 5.73 Å². The third-order valence-corrected chi connectivity index (χ3v) is 3.22. The molecule has 0 aromatic carbocycles. The number of thiocarbonyl (C=S) groups is 1. The highest BCUT2D eigenvalue weighted by Crippen LogP contribution is 2.18. The van der Waals surface area contributed by atoms with Crippen LogP contribution in [-0.4, -0.2) is 41.6 Å². The van der Waals surface area contributed by atoms with Crippen molar-refractivity contribution in [3.8, 4) is 0 Å². The Kier molecular flexibility index (Phi) is 5.85. The van der Waals surface area contributed by atoms with Crippen molar-refractivity contribution in [1.29, 1.82) is 0 Å². The summed E-state index contributed by atoms with van der Waals surface area (Å²) in [6.45, 7) is 5.97. The second-order valence-corrected chi connectivity index (χ2v) is 5.28. The Hall–Kier alpha value is -0.680. The minimum atomic E-state index is 0.0116. The summed E-state index contributed by atoms with van der Waals surface area (Å²) in [7, 11) is 0. The van der Waals surface area contributed by atoms with E-state index < -0.39 is 0 Å². The largest absolute Gasteiger partial charge is 0.393 e. The lowest BCUT2D eigenvalue weighted by molar-refractivity contribution is -0.141. The van der Waals surface area contributed by atoms with Gasteiger partial charge >= 0.3 is 0 Å². The number of amides is 1. The SMILES string of the molecule is CC(C)N(CCC(N)=S)C(=O)C1CCCOC1. The zero-order chi connectivity index (χ0) is 12.8. The summed E-state index contributed by atoms with van der Waals surface area (Å²) in [4.78, 5) is 14.6. The van der Waals surface area contributed by atoms with Gasteiger partial charge in [0.2, 0.25) is 5.91 Å². The highest BCUT2D eigenvalue weighted by molar-refractivity contribution is 7.80. The Morgan fingerprint density at radius 1 is 1.59 bits per heavy atom. The van der Waals surface area contributed by atoms with E-state index in [1.54, 1.807) is 0 Å². The number of nitrogens with two attached hydrogens (primary N) is 1. The number of carbonyl (C=O) groups is 1. The molecule has 2 N–H and O–H groups in total. The topological polar surface area (TPSA) is 55.6 Å². The maximum absolute atomic E-state index is 12.3. The van der Waals surface area contributed by atoms with Crippen molar-refractivity contribution in [2.75, 3.05) is 19.8 Å². The second kappa shape index (κ2) is 6.91. The molecule has 1 saturated heterocycles. The van der Waals surface area contributed by atoms with Crippen molar-refractivity contribution in [2.24, 2.45) is 11.7 Å². The molecular weight excluding hydrogens is 236 g/mol. The Bertz CT molecular complexity index is 276. The second-order valence-electron chi connectivity index (χ2n) is 4.76. The molecule has 0 aliphatic carbocycles. The van der Waals surface area contributed by atoms with Crippen molar-refractivity contribution in [3.05, 3.63) is 0 Å². The van der Waals surface area contributed by atoms with Crippen molar-refractivity contribution in [3.63, 3.8) is 0 Å². The summed E-state index contributed by atoms with van der Waals surface area (Å²) in [5.41, 5.74) is 5.49. The van der Waals surface area contributed by atoms with Crippen LogP contribution in [0.2, 0.25) is 0 Å². The molecule has 1 rings (SSSR count). The predicted octanol–water partition coefficient (Wildman–Crippen LogP) is 1.33. The number of ether oxygens (including phenoxy) is 1. The Labute approximate surface area is 108 Å². The third kappa shape index (κ3) is 4.60. The van der Waals surface area contributed by atoms with E-state index in [2.05, 4.69) is 0 Å². The van der Waals surface area contributed by atoms with E-state index in [4.69, 9.17) is 22.7 Å². The molecule has 98 valence electrons. The average Bonchev–Trinajstić information content (AvgIpc) is 2.29. The molecule has 0 bridgehead atoms. The highest BCUT2D eigenvalue weighted by atomic mass is 32.1. The molecule has 0 radical (unpaired) electrons. The van der Waals surface area contributed by atoms with Crippen LogP contribution in [-0.2, 0) is 9.53 Å². The van der Waals surface area contributed by atoms with Crippen LogP contribution in [0.4, 0.5) is 0 Å². The molecule has 0 saturated carbocycles. The molecule has 0 aromatic rings. The smallest absolute Gasteiger partial charge is 0.228 e. The van der Waals surface area contributed by atoms with Crippen LogP contribution in [0.3, 0.4) is 0 Å². The normalized spacial score (nSPS) is 20.3. The fourth-order valence-corrected chi connectivity index (χ4v) is 2.11. The van der Waals surface area contributed by atoms with E-state index in [1.807, 2.05) is 18.7 Å². The lowest BCUT2D eigenvalue weighted by atomic mass is 10.00. The van der Waals surface area contributed by atoms with E-state index in [1.165, 1.54) is 0 Å². The first-order valence-electron chi connectivity index (χ1n) is 6.19. The lowest BCUT2D eigenvalue weighted by Crippen LogP contribution is -2.44. The molecule has 4 nitrogen and oxygen atoms in total. The van der Waals surface area contributed by atoms with Gasteiger partial charge in [-0.1, -0.05) is 12.2 Å². The van der Waals surface area contributed by atoms with E-state index in [-0.39, 0.29) is 17.9 Å². The number of nitrogens with zero attached hydrogens (tertiary/aromatic N) is 1. The van der Waals surface area contributed by atoms with Crippen LogP contribution in [0.25, 0.3) is 0 Å². The molecule has 1 fully saturated rings. The lowest BCUT2D eigenvalue weighted by Gasteiger charge is -2.32. The molecule has 1 heterocycles. The van der Waals surface area contributed by atoms with Crippen molar-refractivity contribution >= 4 is 23.1 Å². The molecule has 1 amide bonds. The molecule has 1 atom stereocenters. The summed E-state index contributed by atoms with van der Waals surface area (Å²) >= 11 is 4.86. The minimum absolute atomic E-state index is 0.0116. The molecule has 5 heteroatoms. The monoisotopic (exact) mass is 258 g/mol. The molecule has 1 unspecified atom stereocenters. The maximum Gasteiger partial charge on any atom is 0.228 e. The zero-order valence-electron chi connectivity index (χ0n) is 10.6. The fraction of sp³-hybridized carbons (Fsp3) is 0.833. The molecule has 0 aromatic heterocycles. The predicted molar refractivity (Wildman–Crippen MR) is 71.8 cm³/mol. The third-order valence-electron chi connectivity index (χ3n) is 3.02. The van der Waals surface area contributed by atoms with Crippen molar-refractivity contribution in [2.45, 2.75) is 39.2 Å². The molecule has 1 aliphatic heterocycles. The van der Waals surface area contributed by atoms with Gasteiger partial charge in [0.1, 0.15) is 0 Å². The van der Waals surface area contributed by atoms with Crippen LogP contribution >= 0.6 is 12.2 Å². The van der Waals surface area contributed by atoms with Gasteiger partial charge in [-0.2, -0.15) is 0 Å². The summed E-state index contributed by atoms with van der Waals surface area (Å²) in [6, 6.07) is 0.179. The Morgan fingerprint density at radius 3 is 2.76 bits per heavy atom. The first-order valence-corrected chi connectivity index (χ1v) is 6.59. The number of hydrogen-bond acceptors (Lipinski definition) is 3. The van der Waals surface area contributed by atoms with E-state index >= 15 is 0 Å². The summed E-state index contributed by atoms with van der Waals surface area (Å²) in [5.74, 6) is 0.188. The van der Waals surface area contributed by atoms with Gasteiger partial charge in [0, 0.05) is 25.6 Å². The fourth-order valence-electron chi connectivity index (χ4n) is 2.02. The maximum atomic E-state index is 12.3. The van der Waals surface area contributed by atoms with Crippen molar-refractivity contribution < 1.29 is 9.53 Å². The van der Waals surface area contributed by atoms with E-state index in [0.29, 0.717) is 24.6 Å². The van der Waals surface area contributed by atoms with Crippen LogP contribution in [0.15, 0.2) is 0 Å². The average molecular weight is 258 g/mol. The zero-order valence-corrected chi connectivity index (χ0v) is 11.5. The van der Waals surface area contributed by atoms with Crippen LogP contribution in [0, 0.1) is 5.92 Å². The van der Waals surface area contributed by atoms with Gasteiger partial charge in [0.05, 0.1) is 17.5 Å². The molecule has 0 spiro atoms. The summed E-state index contributed by atoms with van der Waals surface area (Å²) < 4.78 is 5.36. The van der Waals surface area contributed by atoms with Crippen LogP contribution in [0.1, 0.15) is 33.1 Å². The van der Waals surface area contributed by atoms with Crippen molar-refractivity contribution in [1.82, 2.24) is 4.90 Å². The van der Waals surface area contributed by atoms with E-state index in [9.17, 15) is 4.79 Å². The van der Waals surface area contributed by atoms with Gasteiger partial charge in [-0.25, -0.2) is 0 Å². The summed E-state index contributed by atoms with van der Waals surface area (Å²) in [5, 5.41) is 0. The number of hydrogen-bond donors (Lipinski definition) is 1. The van der Waals surface area contributed by atoms with Gasteiger partial charge in [0.15, 0.2) is 0 Å². The van der Waals surface area contributed by atoms with Gasteiger partial charge in [-0.05, 0) is 26.7 Å². The van der Waals surface area contributed by atoms with Gasteiger partial charge in [-0.3, -0.25) is 4.79 Å². The van der Waals surface area contributed by atoms with E-state index in [0.717, 1.165) is 19.4 Å². The van der Waals surface area contributed by atoms with Crippen LogP contribution in [0.5, 0.6) is 0 Å². The van der Waals surface area contributed by atoms with Gasteiger partial charge in [-0.15, -0.1) is 0 Å². The Balaban J connectivity index is 2.55. The number of carbonyl (C=O) groups excluding carboxylic acids is 1. The molecular formula is C12H22N2O2S. The first kappa shape index (κ1) is 14.4. The first-order chi connectivity index (χ1) is 8.02. The highest BCUT2D eigenvalue weighted by Gasteiger charge is 2.27. The summed E-state index contributed by atoms with van der Waals surface area (Å²) in [6.07, 6.45) is 2.49. The quantitative estimate of drug-likeness (QED) is 0.756.